The van der Waals surface area contributed by atoms with Gasteiger partial charge in [-0.25, -0.2) is 8.78 Å². The molecule has 100 valence electrons. The lowest BCUT2D eigenvalue weighted by molar-refractivity contribution is -0.145. The molecular formula is C12H11F2N3O2. The van der Waals surface area contributed by atoms with Crippen LogP contribution in [0.15, 0.2) is 30.5 Å². The first-order valence-electron chi connectivity index (χ1n) is 5.43. The van der Waals surface area contributed by atoms with Gasteiger partial charge in [-0.1, -0.05) is 0 Å². The van der Waals surface area contributed by atoms with E-state index >= 15 is 0 Å². The van der Waals surface area contributed by atoms with E-state index in [9.17, 15) is 13.6 Å². The smallest absolute Gasteiger partial charge is 0.328 e. The van der Waals surface area contributed by atoms with Crippen molar-refractivity contribution < 1.29 is 18.3 Å². The fraction of sp³-hybridized carbons (Fsp3) is 0.167. The van der Waals surface area contributed by atoms with Gasteiger partial charge in [-0.05, 0) is 18.2 Å². The fourth-order valence-corrected chi connectivity index (χ4v) is 1.44. The molecule has 1 aromatic heterocycles. The van der Waals surface area contributed by atoms with Gasteiger partial charge in [-0.2, -0.15) is 5.10 Å². The van der Waals surface area contributed by atoms with Crippen LogP contribution in [0.5, 0.6) is 0 Å². The van der Waals surface area contributed by atoms with Gasteiger partial charge in [0, 0.05) is 17.8 Å². The second-order valence-electron chi connectivity index (χ2n) is 3.83. The highest BCUT2D eigenvalue weighted by Gasteiger charge is 2.09. The summed E-state index contributed by atoms with van der Waals surface area (Å²) in [5, 5.41) is 3.80. The van der Waals surface area contributed by atoms with Crippen LogP contribution in [0.2, 0.25) is 0 Å². The molecule has 0 bridgehead atoms. The van der Waals surface area contributed by atoms with Gasteiger partial charge in [0.05, 0.1) is 0 Å². The second-order valence-corrected chi connectivity index (χ2v) is 3.83. The lowest BCUT2D eigenvalue weighted by atomic mass is 10.2. The maximum Gasteiger partial charge on any atom is 0.328 e. The third kappa shape index (κ3) is 3.51. The van der Waals surface area contributed by atoms with Crippen molar-refractivity contribution >= 4 is 11.8 Å². The normalized spacial score (nSPS) is 10.4. The van der Waals surface area contributed by atoms with Crippen molar-refractivity contribution in [2.24, 2.45) is 0 Å². The number of rotatable bonds is 4. The molecule has 0 amide bonds. The van der Waals surface area contributed by atoms with Gasteiger partial charge >= 0.3 is 5.97 Å². The standard InChI is InChI=1S/C12H11F2N3O2/c13-9-2-1-8(10(14)5-9)7-19-12(18)6-17-4-3-11(15)16-17/h1-5H,6-7H2,(H2,15,16). The first-order valence-corrected chi connectivity index (χ1v) is 5.43. The number of esters is 1. The molecule has 0 fully saturated rings. The summed E-state index contributed by atoms with van der Waals surface area (Å²) in [6.45, 7) is -0.387. The van der Waals surface area contributed by atoms with E-state index in [4.69, 9.17) is 10.5 Å². The average molecular weight is 267 g/mol. The van der Waals surface area contributed by atoms with Crippen molar-refractivity contribution in [2.75, 3.05) is 5.73 Å². The summed E-state index contributed by atoms with van der Waals surface area (Å²) in [5.74, 6) is -1.74. The van der Waals surface area contributed by atoms with Crippen LogP contribution >= 0.6 is 0 Å². The van der Waals surface area contributed by atoms with Crippen LogP contribution in [-0.2, 0) is 22.7 Å². The van der Waals surface area contributed by atoms with Crippen LogP contribution in [0.4, 0.5) is 14.6 Å². The van der Waals surface area contributed by atoms with Crippen molar-refractivity contribution in [3.05, 3.63) is 47.7 Å². The Hall–Kier alpha value is -2.44. The average Bonchev–Trinajstić information content (AvgIpc) is 2.73. The van der Waals surface area contributed by atoms with Gasteiger partial charge in [0.15, 0.2) is 0 Å². The van der Waals surface area contributed by atoms with E-state index in [1.165, 1.54) is 23.0 Å². The van der Waals surface area contributed by atoms with Crippen molar-refractivity contribution in [1.82, 2.24) is 9.78 Å². The number of carbonyl (C=O) groups excluding carboxylic acids is 1. The molecule has 0 aliphatic heterocycles. The number of nitrogen functional groups attached to an aromatic ring is 1. The summed E-state index contributed by atoms with van der Waals surface area (Å²) in [6.07, 6.45) is 1.52. The minimum atomic E-state index is -0.754. The van der Waals surface area contributed by atoms with Crippen LogP contribution in [0.1, 0.15) is 5.56 Å². The Balaban J connectivity index is 1.89. The molecule has 2 aromatic rings. The lowest BCUT2D eigenvalue weighted by Crippen LogP contribution is -2.14. The van der Waals surface area contributed by atoms with E-state index in [0.29, 0.717) is 0 Å². The molecule has 0 saturated heterocycles. The molecule has 1 heterocycles. The largest absolute Gasteiger partial charge is 0.459 e. The lowest BCUT2D eigenvalue weighted by Gasteiger charge is -2.06. The molecule has 2 rings (SSSR count). The summed E-state index contributed by atoms with van der Waals surface area (Å²) in [4.78, 5) is 11.5. The molecule has 0 atom stereocenters. The molecule has 0 saturated carbocycles. The van der Waals surface area contributed by atoms with E-state index in [1.807, 2.05) is 0 Å². The molecular weight excluding hydrogens is 256 g/mol. The Kier molecular flexibility index (Phi) is 3.74. The summed E-state index contributed by atoms with van der Waals surface area (Å²) < 4.78 is 32.1. The molecule has 0 radical (unpaired) electrons. The van der Waals surface area contributed by atoms with Crippen LogP contribution in [0, 0.1) is 11.6 Å². The van der Waals surface area contributed by atoms with E-state index in [0.717, 1.165) is 12.1 Å². The maximum atomic E-state index is 13.3. The molecule has 2 N–H and O–H groups in total. The van der Waals surface area contributed by atoms with Crippen molar-refractivity contribution in [3.63, 3.8) is 0 Å². The molecule has 5 nitrogen and oxygen atoms in total. The van der Waals surface area contributed by atoms with Gasteiger partial charge in [-0.15, -0.1) is 0 Å². The molecule has 0 aliphatic rings. The summed E-state index contributed by atoms with van der Waals surface area (Å²) >= 11 is 0. The van der Waals surface area contributed by atoms with Crippen LogP contribution in [0.25, 0.3) is 0 Å². The zero-order valence-electron chi connectivity index (χ0n) is 9.85. The monoisotopic (exact) mass is 267 g/mol. The van der Waals surface area contributed by atoms with Crippen LogP contribution < -0.4 is 5.73 Å². The van der Waals surface area contributed by atoms with Gasteiger partial charge < -0.3 is 10.5 Å². The van der Waals surface area contributed by atoms with Gasteiger partial charge in [0.25, 0.3) is 0 Å². The number of hydrogen-bond donors (Lipinski definition) is 1. The fourth-order valence-electron chi connectivity index (χ4n) is 1.44. The molecule has 0 unspecified atom stereocenters. The number of nitrogens with zero attached hydrogens (tertiary/aromatic N) is 2. The van der Waals surface area contributed by atoms with Crippen molar-refractivity contribution in [1.29, 1.82) is 0 Å². The maximum absolute atomic E-state index is 13.3. The van der Waals surface area contributed by atoms with Crippen LogP contribution in [-0.4, -0.2) is 15.7 Å². The Labute approximate surface area is 107 Å². The van der Waals surface area contributed by atoms with E-state index in [-0.39, 0.29) is 24.5 Å². The third-order valence-corrected chi connectivity index (χ3v) is 2.36. The van der Waals surface area contributed by atoms with Crippen molar-refractivity contribution in [3.8, 4) is 0 Å². The number of anilines is 1. The quantitative estimate of drug-likeness (QED) is 0.852. The zero-order chi connectivity index (χ0) is 13.8. The van der Waals surface area contributed by atoms with Crippen LogP contribution in [0.3, 0.4) is 0 Å². The Morgan fingerprint density at radius 3 is 2.79 bits per heavy atom. The number of hydrogen-bond acceptors (Lipinski definition) is 4. The molecule has 0 aliphatic carbocycles. The summed E-state index contributed by atoms with van der Waals surface area (Å²) in [6, 6.07) is 4.59. The van der Waals surface area contributed by atoms with Gasteiger partial charge in [0.1, 0.15) is 30.6 Å². The minimum Gasteiger partial charge on any atom is -0.459 e. The number of ether oxygens (including phenoxy) is 1. The summed E-state index contributed by atoms with van der Waals surface area (Å²) in [5.41, 5.74) is 5.49. The minimum absolute atomic E-state index is 0.106. The molecule has 7 heteroatoms. The zero-order valence-corrected chi connectivity index (χ0v) is 9.85. The first kappa shape index (κ1) is 13.0. The highest BCUT2D eigenvalue weighted by atomic mass is 19.1. The molecule has 1 aromatic carbocycles. The predicted octanol–water partition coefficient (Wildman–Crippen LogP) is 1.49. The Morgan fingerprint density at radius 1 is 1.37 bits per heavy atom. The van der Waals surface area contributed by atoms with Gasteiger partial charge in [0.2, 0.25) is 0 Å². The summed E-state index contributed by atoms with van der Waals surface area (Å²) in [7, 11) is 0. The first-order chi connectivity index (χ1) is 9.04. The number of aromatic nitrogens is 2. The Morgan fingerprint density at radius 2 is 2.16 bits per heavy atom. The number of carbonyl (C=O) groups is 1. The molecule has 0 spiro atoms. The number of benzene rings is 1. The van der Waals surface area contributed by atoms with E-state index in [2.05, 4.69) is 5.10 Å². The number of halogens is 2. The third-order valence-electron chi connectivity index (χ3n) is 2.36. The highest BCUT2D eigenvalue weighted by molar-refractivity contribution is 5.69. The predicted molar refractivity (Wildman–Crippen MR) is 62.8 cm³/mol. The van der Waals surface area contributed by atoms with E-state index in [1.54, 1.807) is 0 Å². The number of nitrogens with two attached hydrogens (primary N) is 1. The van der Waals surface area contributed by atoms with E-state index < -0.39 is 17.6 Å². The SMILES string of the molecule is Nc1ccn(CC(=O)OCc2ccc(F)cc2F)n1. The van der Waals surface area contributed by atoms with Crippen molar-refractivity contribution in [2.45, 2.75) is 13.2 Å². The Bertz CT molecular complexity index is 598. The topological polar surface area (TPSA) is 70.1 Å². The second kappa shape index (κ2) is 5.47. The van der Waals surface area contributed by atoms with Gasteiger partial charge in [-0.3, -0.25) is 9.48 Å². The highest BCUT2D eigenvalue weighted by Crippen LogP contribution is 2.10. The molecule has 19 heavy (non-hydrogen) atoms.